The number of hydrogen-bond acceptors (Lipinski definition) is 4. The summed E-state index contributed by atoms with van der Waals surface area (Å²) < 4.78 is 24.1. The SMILES string of the molecule is CC(CCNC(=O)C1CCN(S(C)(=O)=O)CC1)C(=O)O. The Morgan fingerprint density at radius 3 is 2.35 bits per heavy atom. The minimum Gasteiger partial charge on any atom is -0.481 e. The smallest absolute Gasteiger partial charge is 0.306 e. The summed E-state index contributed by atoms with van der Waals surface area (Å²) in [6.07, 6.45) is 2.57. The molecule has 1 aliphatic rings. The largest absolute Gasteiger partial charge is 0.481 e. The standard InChI is InChI=1S/C12H22N2O5S/c1-9(12(16)17)3-6-13-11(15)10-4-7-14(8-5-10)20(2,18)19/h9-10H,3-8H2,1-2H3,(H,13,15)(H,16,17). The van der Waals surface area contributed by atoms with Gasteiger partial charge in [0, 0.05) is 25.6 Å². The number of carbonyl (C=O) groups is 2. The van der Waals surface area contributed by atoms with Gasteiger partial charge in [-0.2, -0.15) is 0 Å². The summed E-state index contributed by atoms with van der Waals surface area (Å²) in [4.78, 5) is 22.5. The van der Waals surface area contributed by atoms with Gasteiger partial charge in [0.15, 0.2) is 0 Å². The highest BCUT2D eigenvalue weighted by Crippen LogP contribution is 2.19. The molecule has 1 aliphatic heterocycles. The normalized spacial score (nSPS) is 19.5. The number of carboxylic acid groups (broad SMARTS) is 1. The van der Waals surface area contributed by atoms with Crippen LogP contribution < -0.4 is 5.32 Å². The molecule has 1 unspecified atom stereocenters. The molecule has 0 aromatic heterocycles. The summed E-state index contributed by atoms with van der Waals surface area (Å²) in [6, 6.07) is 0. The van der Waals surface area contributed by atoms with E-state index in [4.69, 9.17) is 5.11 Å². The van der Waals surface area contributed by atoms with E-state index in [-0.39, 0.29) is 11.8 Å². The first kappa shape index (κ1) is 16.9. The number of carbonyl (C=O) groups excluding carboxylic acids is 1. The lowest BCUT2D eigenvalue weighted by Crippen LogP contribution is -2.42. The van der Waals surface area contributed by atoms with Gasteiger partial charge < -0.3 is 10.4 Å². The molecule has 20 heavy (non-hydrogen) atoms. The second-order valence-electron chi connectivity index (χ2n) is 5.26. The van der Waals surface area contributed by atoms with E-state index in [0.29, 0.717) is 38.9 Å². The Kier molecular flexibility index (Phi) is 5.94. The lowest BCUT2D eigenvalue weighted by atomic mass is 9.97. The van der Waals surface area contributed by atoms with Crippen LogP contribution in [0.5, 0.6) is 0 Å². The summed E-state index contributed by atoms with van der Waals surface area (Å²) in [6.45, 7) is 2.66. The van der Waals surface area contributed by atoms with Crippen molar-refractivity contribution in [3.05, 3.63) is 0 Å². The van der Waals surface area contributed by atoms with Crippen molar-refractivity contribution in [2.24, 2.45) is 11.8 Å². The number of nitrogens with zero attached hydrogens (tertiary/aromatic N) is 1. The van der Waals surface area contributed by atoms with Gasteiger partial charge in [0.2, 0.25) is 15.9 Å². The predicted octanol–water partition coefficient (Wildman–Crippen LogP) is -0.115. The zero-order valence-electron chi connectivity index (χ0n) is 11.8. The van der Waals surface area contributed by atoms with Gasteiger partial charge in [-0.05, 0) is 19.3 Å². The maximum Gasteiger partial charge on any atom is 0.306 e. The van der Waals surface area contributed by atoms with Crippen LogP contribution in [-0.2, 0) is 19.6 Å². The molecule has 0 radical (unpaired) electrons. The fourth-order valence-corrected chi connectivity index (χ4v) is 3.00. The van der Waals surface area contributed by atoms with Gasteiger partial charge in [-0.15, -0.1) is 0 Å². The van der Waals surface area contributed by atoms with Gasteiger partial charge in [0.1, 0.15) is 0 Å². The maximum absolute atomic E-state index is 11.9. The molecule has 0 spiro atoms. The molecular formula is C12H22N2O5S. The van der Waals surface area contributed by atoms with Crippen molar-refractivity contribution in [3.63, 3.8) is 0 Å². The maximum atomic E-state index is 11.9. The molecule has 8 heteroatoms. The Labute approximate surface area is 119 Å². The Morgan fingerprint density at radius 2 is 1.90 bits per heavy atom. The topological polar surface area (TPSA) is 104 Å². The molecule has 0 aliphatic carbocycles. The van der Waals surface area contributed by atoms with Crippen LogP contribution in [0.4, 0.5) is 0 Å². The number of rotatable bonds is 6. The molecule has 1 amide bonds. The van der Waals surface area contributed by atoms with Crippen LogP contribution in [0, 0.1) is 11.8 Å². The van der Waals surface area contributed by atoms with Crippen molar-refractivity contribution in [3.8, 4) is 0 Å². The summed E-state index contributed by atoms with van der Waals surface area (Å²) >= 11 is 0. The molecule has 0 aromatic rings. The number of hydrogen-bond donors (Lipinski definition) is 2. The summed E-state index contributed by atoms with van der Waals surface area (Å²) in [5, 5.41) is 11.4. The van der Waals surface area contributed by atoms with Crippen molar-refractivity contribution in [1.82, 2.24) is 9.62 Å². The molecule has 1 saturated heterocycles. The molecule has 1 heterocycles. The lowest BCUT2D eigenvalue weighted by Gasteiger charge is -2.29. The number of nitrogens with one attached hydrogen (secondary N) is 1. The number of sulfonamides is 1. The predicted molar refractivity (Wildman–Crippen MR) is 73.6 cm³/mol. The third-order valence-electron chi connectivity index (χ3n) is 3.59. The first-order chi connectivity index (χ1) is 9.21. The Bertz CT molecular complexity index is 454. The minimum atomic E-state index is -3.18. The van der Waals surface area contributed by atoms with E-state index in [1.807, 2.05) is 0 Å². The highest BCUT2D eigenvalue weighted by Gasteiger charge is 2.28. The van der Waals surface area contributed by atoms with Gasteiger partial charge in [-0.25, -0.2) is 12.7 Å². The Hall–Kier alpha value is -1.15. The fraction of sp³-hybridized carbons (Fsp3) is 0.833. The van der Waals surface area contributed by atoms with Crippen molar-refractivity contribution >= 4 is 21.9 Å². The summed E-state index contributed by atoms with van der Waals surface area (Å²) in [5.74, 6) is -1.66. The second kappa shape index (κ2) is 7.03. The molecule has 1 rings (SSSR count). The van der Waals surface area contributed by atoms with Gasteiger partial charge in [0.25, 0.3) is 0 Å². The Balaban J connectivity index is 2.31. The van der Waals surface area contributed by atoms with E-state index in [1.54, 1.807) is 6.92 Å². The van der Waals surface area contributed by atoms with Crippen molar-refractivity contribution in [1.29, 1.82) is 0 Å². The van der Waals surface area contributed by atoms with Gasteiger partial charge in [-0.1, -0.05) is 6.92 Å². The third kappa shape index (κ3) is 5.09. The number of carboxylic acids is 1. The number of amides is 1. The third-order valence-corrected chi connectivity index (χ3v) is 4.90. The van der Waals surface area contributed by atoms with Gasteiger partial charge in [-0.3, -0.25) is 9.59 Å². The fourth-order valence-electron chi connectivity index (χ4n) is 2.13. The van der Waals surface area contributed by atoms with E-state index >= 15 is 0 Å². The Morgan fingerprint density at radius 1 is 1.35 bits per heavy atom. The molecular weight excluding hydrogens is 284 g/mol. The van der Waals surface area contributed by atoms with E-state index < -0.39 is 21.9 Å². The van der Waals surface area contributed by atoms with Gasteiger partial charge in [0.05, 0.1) is 12.2 Å². The first-order valence-electron chi connectivity index (χ1n) is 6.67. The molecule has 0 saturated carbocycles. The highest BCUT2D eigenvalue weighted by atomic mass is 32.2. The first-order valence-corrected chi connectivity index (χ1v) is 8.52. The molecule has 1 atom stereocenters. The van der Waals surface area contributed by atoms with Crippen LogP contribution in [-0.4, -0.2) is 55.6 Å². The zero-order valence-corrected chi connectivity index (χ0v) is 12.6. The molecule has 0 aromatic carbocycles. The zero-order chi connectivity index (χ0) is 15.3. The highest BCUT2D eigenvalue weighted by molar-refractivity contribution is 7.88. The number of piperidine rings is 1. The molecule has 0 bridgehead atoms. The van der Waals surface area contributed by atoms with E-state index in [1.165, 1.54) is 10.6 Å². The van der Waals surface area contributed by atoms with E-state index in [9.17, 15) is 18.0 Å². The van der Waals surface area contributed by atoms with Crippen molar-refractivity contribution < 1.29 is 23.1 Å². The molecule has 1 fully saturated rings. The summed E-state index contributed by atoms with van der Waals surface area (Å²) in [7, 11) is -3.18. The monoisotopic (exact) mass is 306 g/mol. The van der Waals surface area contributed by atoms with Crippen LogP contribution in [0.3, 0.4) is 0 Å². The van der Waals surface area contributed by atoms with Crippen molar-refractivity contribution in [2.45, 2.75) is 26.2 Å². The molecule has 2 N–H and O–H groups in total. The minimum absolute atomic E-state index is 0.115. The molecule has 116 valence electrons. The van der Waals surface area contributed by atoms with E-state index in [0.717, 1.165) is 0 Å². The van der Waals surface area contributed by atoms with Crippen LogP contribution in [0.15, 0.2) is 0 Å². The number of aliphatic carboxylic acids is 1. The van der Waals surface area contributed by atoms with Crippen LogP contribution in [0.25, 0.3) is 0 Å². The van der Waals surface area contributed by atoms with Crippen LogP contribution in [0.2, 0.25) is 0 Å². The summed E-state index contributed by atoms with van der Waals surface area (Å²) in [5.41, 5.74) is 0. The van der Waals surface area contributed by atoms with Crippen LogP contribution in [0.1, 0.15) is 26.2 Å². The average Bonchev–Trinajstić information content (AvgIpc) is 2.37. The quantitative estimate of drug-likeness (QED) is 0.712. The van der Waals surface area contributed by atoms with E-state index in [2.05, 4.69) is 5.32 Å². The lowest BCUT2D eigenvalue weighted by molar-refractivity contribution is -0.141. The van der Waals surface area contributed by atoms with Crippen LogP contribution >= 0.6 is 0 Å². The molecule has 7 nitrogen and oxygen atoms in total. The average molecular weight is 306 g/mol. The van der Waals surface area contributed by atoms with Crippen molar-refractivity contribution in [2.75, 3.05) is 25.9 Å². The second-order valence-corrected chi connectivity index (χ2v) is 7.24. The van der Waals surface area contributed by atoms with Gasteiger partial charge >= 0.3 is 5.97 Å².